The Morgan fingerprint density at radius 1 is 1.55 bits per heavy atom. The predicted molar refractivity (Wildman–Crippen MR) is 95.5 cm³/mol. The van der Waals surface area contributed by atoms with Gasteiger partial charge in [-0.3, -0.25) is 4.79 Å². The van der Waals surface area contributed by atoms with Crippen molar-refractivity contribution in [1.82, 2.24) is 5.32 Å². The Hall–Kier alpha value is -0.460. The summed E-state index contributed by atoms with van der Waals surface area (Å²) in [7, 11) is 0. The van der Waals surface area contributed by atoms with Gasteiger partial charge < -0.3 is 15.4 Å². The molecule has 2 rings (SSSR count). The second-order valence-corrected chi connectivity index (χ2v) is 7.34. The topological polar surface area (TPSA) is 50.4 Å². The summed E-state index contributed by atoms with van der Waals surface area (Å²) in [4.78, 5) is 13.2. The third-order valence-corrected chi connectivity index (χ3v) is 4.33. The van der Waals surface area contributed by atoms with Crippen LogP contribution in [0.15, 0.2) is 23.1 Å². The fourth-order valence-corrected chi connectivity index (χ4v) is 3.20. The number of thioether (sulfide) groups is 1. The van der Waals surface area contributed by atoms with Gasteiger partial charge in [-0.25, -0.2) is 0 Å². The third kappa shape index (κ3) is 6.34. The molecule has 0 spiro atoms. The van der Waals surface area contributed by atoms with Crippen LogP contribution in [0.25, 0.3) is 0 Å². The molecule has 7 heteroatoms. The van der Waals surface area contributed by atoms with Gasteiger partial charge in [0.1, 0.15) is 0 Å². The third-order valence-electron chi connectivity index (χ3n) is 3.01. The van der Waals surface area contributed by atoms with E-state index in [0.29, 0.717) is 29.9 Å². The van der Waals surface area contributed by atoms with Crippen LogP contribution in [-0.2, 0) is 9.53 Å². The Labute approximate surface area is 147 Å². The van der Waals surface area contributed by atoms with Crippen molar-refractivity contribution in [3.8, 4) is 0 Å². The first-order chi connectivity index (χ1) is 10.0. The molecule has 0 saturated carbocycles. The lowest BCUT2D eigenvalue weighted by atomic mass is 10.2. The molecule has 1 aliphatic heterocycles. The molecular weight excluding hydrogens is 343 g/mol. The van der Waals surface area contributed by atoms with Gasteiger partial charge in [0.2, 0.25) is 5.91 Å². The fraction of sp³-hybridized carbons (Fsp3) is 0.533. The lowest BCUT2D eigenvalue weighted by molar-refractivity contribution is -0.117. The van der Waals surface area contributed by atoms with Crippen molar-refractivity contribution < 1.29 is 9.53 Å². The summed E-state index contributed by atoms with van der Waals surface area (Å²) in [5.41, 5.74) is 0.780. The molecule has 0 aromatic heterocycles. The number of halogens is 2. The van der Waals surface area contributed by atoms with Crippen LogP contribution in [0.4, 0.5) is 5.69 Å². The number of rotatable bonds is 5. The van der Waals surface area contributed by atoms with Gasteiger partial charge in [0.15, 0.2) is 0 Å². The van der Waals surface area contributed by atoms with Gasteiger partial charge in [0.05, 0.1) is 18.9 Å². The minimum Gasteiger partial charge on any atom is -0.378 e. The van der Waals surface area contributed by atoms with Crippen molar-refractivity contribution in [2.24, 2.45) is 0 Å². The van der Waals surface area contributed by atoms with E-state index in [1.54, 1.807) is 17.8 Å². The highest BCUT2D eigenvalue weighted by Gasteiger charge is 2.18. The van der Waals surface area contributed by atoms with E-state index in [2.05, 4.69) is 24.5 Å². The number of morpholine rings is 1. The molecule has 1 aromatic rings. The Bertz CT molecular complexity index is 494. The summed E-state index contributed by atoms with van der Waals surface area (Å²) in [6, 6.07) is 5.68. The minimum atomic E-state index is -0.0223. The largest absolute Gasteiger partial charge is 0.378 e. The molecule has 1 aromatic carbocycles. The number of hydrogen-bond acceptors (Lipinski definition) is 4. The van der Waals surface area contributed by atoms with E-state index >= 15 is 0 Å². The molecule has 2 N–H and O–H groups in total. The highest BCUT2D eigenvalue weighted by Crippen LogP contribution is 2.32. The van der Waals surface area contributed by atoms with Crippen molar-refractivity contribution in [3.63, 3.8) is 0 Å². The lowest BCUT2D eigenvalue weighted by Gasteiger charge is -2.23. The molecule has 0 bridgehead atoms. The zero-order valence-electron chi connectivity index (χ0n) is 12.7. The zero-order valence-corrected chi connectivity index (χ0v) is 15.1. The van der Waals surface area contributed by atoms with Gasteiger partial charge in [0.25, 0.3) is 0 Å². The average Bonchev–Trinajstić information content (AvgIpc) is 2.42. The van der Waals surface area contributed by atoms with Crippen molar-refractivity contribution >= 4 is 47.4 Å². The Balaban J connectivity index is 0.00000242. The van der Waals surface area contributed by atoms with E-state index in [-0.39, 0.29) is 24.4 Å². The molecule has 1 saturated heterocycles. The monoisotopic (exact) mass is 364 g/mol. The molecule has 22 heavy (non-hydrogen) atoms. The number of nitrogens with one attached hydrogen (secondary N) is 2. The van der Waals surface area contributed by atoms with Crippen molar-refractivity contribution in [3.05, 3.63) is 23.2 Å². The number of anilines is 1. The molecule has 1 heterocycles. The summed E-state index contributed by atoms with van der Waals surface area (Å²) in [5.74, 6) is -0.0223. The van der Waals surface area contributed by atoms with Gasteiger partial charge in [-0.1, -0.05) is 25.4 Å². The maximum absolute atomic E-state index is 12.2. The van der Waals surface area contributed by atoms with Crippen LogP contribution < -0.4 is 10.6 Å². The molecule has 4 nitrogen and oxygen atoms in total. The number of benzene rings is 1. The van der Waals surface area contributed by atoms with Crippen LogP contribution in [0, 0.1) is 0 Å². The smallest absolute Gasteiger partial charge is 0.226 e. The van der Waals surface area contributed by atoms with Crippen molar-refractivity contribution in [2.75, 3.05) is 25.1 Å². The number of amides is 1. The lowest BCUT2D eigenvalue weighted by Crippen LogP contribution is -2.43. The second kappa shape index (κ2) is 9.63. The summed E-state index contributed by atoms with van der Waals surface area (Å²) in [6.45, 7) is 6.32. The van der Waals surface area contributed by atoms with Gasteiger partial charge >= 0.3 is 0 Å². The van der Waals surface area contributed by atoms with E-state index in [9.17, 15) is 4.79 Å². The Morgan fingerprint density at radius 2 is 2.32 bits per heavy atom. The molecule has 124 valence electrons. The van der Waals surface area contributed by atoms with Crippen molar-refractivity contribution in [2.45, 2.75) is 36.5 Å². The quantitative estimate of drug-likeness (QED) is 0.784. The van der Waals surface area contributed by atoms with E-state index in [0.717, 1.165) is 17.1 Å². The SMILES string of the molecule is CC(C)Sc1ccc(Cl)cc1NC(=O)CC1COCCN1.Cl. The molecule has 1 atom stereocenters. The molecule has 1 aliphatic rings. The van der Waals surface area contributed by atoms with E-state index < -0.39 is 0 Å². The molecule has 0 aliphatic carbocycles. The molecule has 1 unspecified atom stereocenters. The molecule has 1 amide bonds. The minimum absolute atomic E-state index is 0. The maximum atomic E-state index is 12.2. The number of carbonyl (C=O) groups excluding carboxylic acids is 1. The van der Waals surface area contributed by atoms with Gasteiger partial charge in [-0.05, 0) is 18.2 Å². The summed E-state index contributed by atoms with van der Waals surface area (Å²) in [6.07, 6.45) is 0.401. The molecule has 0 radical (unpaired) electrons. The first-order valence-electron chi connectivity index (χ1n) is 7.12. The van der Waals surface area contributed by atoms with Gasteiger partial charge in [0, 0.05) is 34.2 Å². The first-order valence-corrected chi connectivity index (χ1v) is 8.37. The maximum Gasteiger partial charge on any atom is 0.226 e. The van der Waals surface area contributed by atoms with E-state index in [1.807, 2.05) is 12.1 Å². The molecule has 1 fully saturated rings. The average molecular weight is 365 g/mol. The van der Waals surface area contributed by atoms with Crippen LogP contribution in [0.5, 0.6) is 0 Å². The van der Waals surface area contributed by atoms with Gasteiger partial charge in [-0.15, -0.1) is 24.2 Å². The van der Waals surface area contributed by atoms with E-state index in [1.165, 1.54) is 0 Å². The first kappa shape index (κ1) is 19.6. The Kier molecular flexibility index (Phi) is 8.57. The Morgan fingerprint density at radius 3 is 2.95 bits per heavy atom. The van der Waals surface area contributed by atoms with Gasteiger partial charge in [-0.2, -0.15) is 0 Å². The molecular formula is C15H22Cl2N2O2S. The summed E-state index contributed by atoms with van der Waals surface area (Å²) in [5, 5.41) is 7.30. The standard InChI is InChI=1S/C15H21ClN2O2S.ClH/c1-10(2)21-14-4-3-11(16)7-13(14)18-15(19)8-12-9-20-6-5-17-12;/h3-4,7,10,12,17H,5-6,8-9H2,1-2H3,(H,18,19);1H. The highest BCUT2D eigenvalue weighted by molar-refractivity contribution is 8.00. The number of hydrogen-bond donors (Lipinski definition) is 2. The van der Waals surface area contributed by atoms with Crippen LogP contribution in [-0.4, -0.2) is 37.0 Å². The van der Waals surface area contributed by atoms with Crippen LogP contribution >= 0.6 is 35.8 Å². The van der Waals surface area contributed by atoms with Crippen molar-refractivity contribution in [1.29, 1.82) is 0 Å². The predicted octanol–water partition coefficient (Wildman–Crippen LogP) is 3.58. The second-order valence-electron chi connectivity index (χ2n) is 5.29. The number of carbonyl (C=O) groups is 1. The van der Waals surface area contributed by atoms with E-state index in [4.69, 9.17) is 16.3 Å². The fourth-order valence-electron chi connectivity index (χ4n) is 2.13. The summed E-state index contributed by atoms with van der Waals surface area (Å²) < 4.78 is 5.36. The number of ether oxygens (including phenoxy) is 1. The van der Waals surface area contributed by atoms with Crippen LogP contribution in [0.3, 0.4) is 0 Å². The summed E-state index contributed by atoms with van der Waals surface area (Å²) >= 11 is 7.74. The normalized spacial score (nSPS) is 17.9. The highest BCUT2D eigenvalue weighted by atomic mass is 35.5. The zero-order chi connectivity index (χ0) is 15.2. The van der Waals surface area contributed by atoms with Crippen LogP contribution in [0.2, 0.25) is 5.02 Å². The van der Waals surface area contributed by atoms with Crippen LogP contribution in [0.1, 0.15) is 20.3 Å².